The molecule has 0 spiro atoms. The fraction of sp³-hybridized carbons (Fsp3) is 0.273. The lowest BCUT2D eigenvalue weighted by Gasteiger charge is -2.27. The number of guanidine groups is 1. The zero-order valence-electron chi connectivity index (χ0n) is 16.3. The number of carbonyl (C=O) groups excluding carboxylic acids is 1. The zero-order chi connectivity index (χ0) is 21.2. The van der Waals surface area contributed by atoms with Crippen molar-refractivity contribution in [2.75, 3.05) is 7.05 Å². The van der Waals surface area contributed by atoms with Gasteiger partial charge in [-0.25, -0.2) is 4.99 Å². The van der Waals surface area contributed by atoms with Crippen LogP contribution in [0.25, 0.3) is 0 Å². The molecule has 0 aliphatic carbocycles. The third-order valence-corrected chi connectivity index (χ3v) is 5.13. The smallest absolute Gasteiger partial charge is 0.387 e. The Hall–Kier alpha value is -3.22. The summed E-state index contributed by atoms with van der Waals surface area (Å²) < 4.78 is 29.4. The molecule has 1 amide bonds. The Morgan fingerprint density at radius 1 is 1.24 bits per heavy atom. The number of ether oxygens (including phenoxy) is 1. The van der Waals surface area contributed by atoms with Crippen LogP contribution in [-0.4, -0.2) is 30.4 Å². The van der Waals surface area contributed by atoms with Crippen LogP contribution >= 0.6 is 0 Å². The maximum atomic E-state index is 13.3. The van der Waals surface area contributed by atoms with Crippen LogP contribution in [0.2, 0.25) is 0 Å². The summed E-state index contributed by atoms with van der Waals surface area (Å²) in [5, 5.41) is 0. The maximum absolute atomic E-state index is 13.3. The molecule has 5 nitrogen and oxygen atoms in total. The Morgan fingerprint density at radius 3 is 2.48 bits per heavy atom. The minimum Gasteiger partial charge on any atom is -0.435 e. The van der Waals surface area contributed by atoms with Crippen LogP contribution in [0, 0.1) is 0 Å². The average Bonchev–Trinajstić information content (AvgIpc) is 2.93. The number of benzene rings is 2. The predicted molar refractivity (Wildman–Crippen MR) is 108 cm³/mol. The van der Waals surface area contributed by atoms with E-state index in [1.54, 1.807) is 19.2 Å². The van der Waals surface area contributed by atoms with E-state index in [4.69, 9.17) is 5.73 Å². The van der Waals surface area contributed by atoms with E-state index in [0.29, 0.717) is 11.1 Å². The molecule has 152 valence electrons. The molecular formula is C22H23F2N3O2. The van der Waals surface area contributed by atoms with Crippen LogP contribution in [0.4, 0.5) is 8.78 Å². The van der Waals surface area contributed by atoms with Gasteiger partial charge in [0.25, 0.3) is 5.91 Å². The van der Waals surface area contributed by atoms with Crippen molar-refractivity contribution in [2.24, 2.45) is 10.7 Å². The lowest BCUT2D eigenvalue weighted by Crippen LogP contribution is -2.41. The van der Waals surface area contributed by atoms with E-state index in [9.17, 15) is 13.6 Å². The van der Waals surface area contributed by atoms with Gasteiger partial charge >= 0.3 is 6.61 Å². The second-order valence-corrected chi connectivity index (χ2v) is 7.00. The molecule has 1 unspecified atom stereocenters. The van der Waals surface area contributed by atoms with Gasteiger partial charge < -0.3 is 10.5 Å². The van der Waals surface area contributed by atoms with E-state index in [1.165, 1.54) is 17.0 Å². The Labute approximate surface area is 168 Å². The van der Waals surface area contributed by atoms with Gasteiger partial charge in [0.2, 0.25) is 0 Å². The number of aliphatic imine (C=N–C) groups is 1. The van der Waals surface area contributed by atoms with Gasteiger partial charge in [0.1, 0.15) is 5.75 Å². The molecule has 2 atom stereocenters. The number of allylic oxidation sites excluding steroid dienone is 1. The summed E-state index contributed by atoms with van der Waals surface area (Å²) in [5.74, 6) is -0.0108. The van der Waals surface area contributed by atoms with Gasteiger partial charge in [-0.3, -0.25) is 9.69 Å². The highest BCUT2D eigenvalue weighted by Crippen LogP contribution is 2.40. The Kier molecular flexibility index (Phi) is 5.68. The van der Waals surface area contributed by atoms with Crippen molar-refractivity contribution in [3.05, 3.63) is 77.9 Å². The number of nitrogens with zero attached hydrogens (tertiary/aromatic N) is 2. The molecule has 1 aliphatic rings. The quantitative estimate of drug-likeness (QED) is 0.716. The number of nitrogens with two attached hydrogens (primary N) is 1. The summed E-state index contributed by atoms with van der Waals surface area (Å²) >= 11 is 0. The zero-order valence-corrected chi connectivity index (χ0v) is 16.3. The highest BCUT2D eigenvalue weighted by molar-refractivity contribution is 6.08. The molecule has 0 radical (unpaired) electrons. The van der Waals surface area contributed by atoms with Crippen LogP contribution < -0.4 is 10.5 Å². The van der Waals surface area contributed by atoms with E-state index < -0.39 is 12.2 Å². The number of carbonyl (C=O) groups is 1. The standard InChI is InChI=1S/C22H23F2N3O2/c1-4-6-14(2)15-7-5-8-17(13-15)22(19(28)27(3)21(25)26-22)16-9-11-18(12-10-16)29-20(23)24/h4-5,7-14,20H,1,6H2,2-3H3,(H2,25,26)/t14-,22?/m0/s1. The fourth-order valence-corrected chi connectivity index (χ4v) is 3.52. The first-order valence-corrected chi connectivity index (χ1v) is 9.19. The van der Waals surface area contributed by atoms with E-state index >= 15 is 0 Å². The first kappa shape index (κ1) is 20.5. The van der Waals surface area contributed by atoms with Gasteiger partial charge in [0.15, 0.2) is 11.5 Å². The van der Waals surface area contributed by atoms with Gasteiger partial charge in [-0.2, -0.15) is 8.78 Å². The SMILES string of the molecule is C=CC[C@H](C)c1cccc(C2(c3ccc(OC(F)F)cc3)N=C(N)N(C)C2=O)c1. The van der Waals surface area contributed by atoms with Gasteiger partial charge in [-0.05, 0) is 41.2 Å². The van der Waals surface area contributed by atoms with Crippen molar-refractivity contribution in [3.63, 3.8) is 0 Å². The minimum absolute atomic E-state index is 0.00279. The Balaban J connectivity index is 2.13. The number of likely N-dealkylation sites (N-methyl/N-ethyl adjacent to an activating group) is 1. The predicted octanol–water partition coefficient (Wildman–Crippen LogP) is 4.00. The Bertz CT molecular complexity index is 943. The van der Waals surface area contributed by atoms with Crippen molar-refractivity contribution >= 4 is 11.9 Å². The van der Waals surface area contributed by atoms with Gasteiger partial charge in [-0.15, -0.1) is 6.58 Å². The highest BCUT2D eigenvalue weighted by Gasteiger charge is 2.49. The third-order valence-electron chi connectivity index (χ3n) is 5.13. The second kappa shape index (κ2) is 8.03. The van der Waals surface area contributed by atoms with Crippen LogP contribution in [-0.2, 0) is 10.3 Å². The lowest BCUT2D eigenvalue weighted by molar-refractivity contribution is -0.129. The van der Waals surface area contributed by atoms with Gasteiger partial charge in [0.05, 0.1) is 0 Å². The lowest BCUT2D eigenvalue weighted by atomic mass is 9.81. The molecule has 29 heavy (non-hydrogen) atoms. The summed E-state index contributed by atoms with van der Waals surface area (Å²) in [7, 11) is 1.56. The highest BCUT2D eigenvalue weighted by atomic mass is 19.3. The number of amides is 1. The van der Waals surface area contributed by atoms with E-state index in [2.05, 4.69) is 23.2 Å². The van der Waals surface area contributed by atoms with Crippen molar-refractivity contribution in [1.29, 1.82) is 0 Å². The number of rotatable bonds is 7. The molecule has 1 aliphatic heterocycles. The first-order valence-electron chi connectivity index (χ1n) is 9.19. The Morgan fingerprint density at radius 2 is 1.93 bits per heavy atom. The molecule has 0 bridgehead atoms. The summed E-state index contributed by atoms with van der Waals surface area (Å²) in [6.45, 7) is 2.93. The van der Waals surface area contributed by atoms with E-state index in [-0.39, 0.29) is 23.5 Å². The van der Waals surface area contributed by atoms with Gasteiger partial charge in [0, 0.05) is 7.05 Å². The molecule has 7 heteroatoms. The normalized spacial score (nSPS) is 20.0. The summed E-state index contributed by atoms with van der Waals surface area (Å²) in [6.07, 6.45) is 2.63. The maximum Gasteiger partial charge on any atom is 0.387 e. The molecule has 2 aromatic rings. The fourth-order valence-electron chi connectivity index (χ4n) is 3.52. The molecule has 1 heterocycles. The topological polar surface area (TPSA) is 67.9 Å². The average molecular weight is 399 g/mol. The van der Waals surface area contributed by atoms with E-state index in [1.807, 2.05) is 30.3 Å². The van der Waals surface area contributed by atoms with Gasteiger partial charge in [-0.1, -0.05) is 49.4 Å². The summed E-state index contributed by atoms with van der Waals surface area (Å²) in [4.78, 5) is 19.1. The van der Waals surface area contributed by atoms with Crippen molar-refractivity contribution in [1.82, 2.24) is 4.90 Å². The number of halogens is 2. The van der Waals surface area contributed by atoms with Crippen molar-refractivity contribution in [2.45, 2.75) is 31.4 Å². The number of hydrogen-bond acceptors (Lipinski definition) is 4. The number of hydrogen-bond donors (Lipinski definition) is 1. The molecule has 0 fully saturated rings. The van der Waals surface area contributed by atoms with Crippen LogP contribution in [0.15, 0.2) is 66.2 Å². The van der Waals surface area contributed by atoms with Crippen LogP contribution in [0.1, 0.15) is 36.0 Å². The molecule has 3 rings (SSSR count). The largest absolute Gasteiger partial charge is 0.435 e. The molecule has 0 saturated carbocycles. The molecule has 2 N–H and O–H groups in total. The minimum atomic E-state index is -2.93. The summed E-state index contributed by atoms with van der Waals surface area (Å²) in [5.41, 5.74) is 6.81. The van der Waals surface area contributed by atoms with Crippen LogP contribution in [0.3, 0.4) is 0 Å². The molecular weight excluding hydrogens is 376 g/mol. The second-order valence-electron chi connectivity index (χ2n) is 7.00. The molecule has 0 aromatic heterocycles. The third kappa shape index (κ3) is 3.72. The first-order chi connectivity index (χ1) is 13.8. The van der Waals surface area contributed by atoms with Crippen LogP contribution in [0.5, 0.6) is 5.75 Å². The number of alkyl halides is 2. The van der Waals surface area contributed by atoms with E-state index in [0.717, 1.165) is 12.0 Å². The molecule has 2 aromatic carbocycles. The molecule has 0 saturated heterocycles. The summed E-state index contributed by atoms with van der Waals surface area (Å²) in [6, 6.07) is 13.5. The van der Waals surface area contributed by atoms with Crippen molar-refractivity contribution in [3.8, 4) is 5.75 Å². The van der Waals surface area contributed by atoms with Crippen molar-refractivity contribution < 1.29 is 18.3 Å². The monoisotopic (exact) mass is 399 g/mol.